The number of halogens is 2. The molecule has 0 amide bonds. The first kappa shape index (κ1) is 15.8. The fraction of sp³-hybridized carbons (Fsp3) is 0.727. The highest BCUT2D eigenvalue weighted by Crippen LogP contribution is 2.27. The van der Waals surface area contributed by atoms with Crippen molar-refractivity contribution in [2.45, 2.75) is 39.8 Å². The lowest BCUT2D eigenvalue weighted by Gasteiger charge is -2.05. The molecule has 0 unspecified atom stereocenters. The molecule has 0 aliphatic heterocycles. The highest BCUT2D eigenvalue weighted by atomic mass is 35.5. The molecule has 1 aliphatic carbocycles. The van der Waals surface area contributed by atoms with Gasteiger partial charge in [0.2, 0.25) is 0 Å². The number of hydrogen-bond donors (Lipinski definition) is 1. The third kappa shape index (κ3) is 4.32. The fourth-order valence-electron chi connectivity index (χ4n) is 1.72. The maximum absolute atomic E-state index is 4.50. The molecule has 1 fully saturated rings. The Bertz CT molecular complexity index is 308. The van der Waals surface area contributed by atoms with Crippen LogP contribution in [0, 0.1) is 12.8 Å². The quantitative estimate of drug-likeness (QED) is 0.887. The molecule has 16 heavy (non-hydrogen) atoms. The van der Waals surface area contributed by atoms with Crippen molar-refractivity contribution in [2.24, 2.45) is 5.92 Å². The molecule has 0 spiro atoms. The SMILES string of the molecule is CCn1cc(C)nc1CNCC1CC1.Cl.Cl. The molecule has 1 aromatic heterocycles. The van der Waals surface area contributed by atoms with Gasteiger partial charge in [0.1, 0.15) is 5.82 Å². The van der Waals surface area contributed by atoms with Crippen LogP contribution in [0.5, 0.6) is 0 Å². The van der Waals surface area contributed by atoms with E-state index >= 15 is 0 Å². The van der Waals surface area contributed by atoms with E-state index in [0.29, 0.717) is 0 Å². The topological polar surface area (TPSA) is 29.9 Å². The molecular formula is C11H21Cl2N3. The Balaban J connectivity index is 0.00000112. The van der Waals surface area contributed by atoms with Gasteiger partial charge in [-0.2, -0.15) is 0 Å². The van der Waals surface area contributed by atoms with Crippen LogP contribution in [0.25, 0.3) is 0 Å². The molecule has 1 saturated carbocycles. The van der Waals surface area contributed by atoms with E-state index in [0.717, 1.165) is 31.2 Å². The normalized spacial score (nSPS) is 14.1. The second-order valence-electron chi connectivity index (χ2n) is 4.16. The molecule has 94 valence electrons. The number of hydrogen-bond acceptors (Lipinski definition) is 2. The number of nitrogens with zero attached hydrogens (tertiary/aromatic N) is 2. The molecule has 1 aliphatic rings. The fourth-order valence-corrected chi connectivity index (χ4v) is 1.72. The van der Waals surface area contributed by atoms with E-state index in [1.165, 1.54) is 18.7 Å². The summed E-state index contributed by atoms with van der Waals surface area (Å²) < 4.78 is 2.22. The Kier molecular flexibility index (Phi) is 7.04. The third-order valence-electron chi connectivity index (χ3n) is 2.73. The van der Waals surface area contributed by atoms with Gasteiger partial charge in [0.05, 0.1) is 12.2 Å². The predicted molar refractivity (Wildman–Crippen MR) is 71.6 cm³/mol. The van der Waals surface area contributed by atoms with E-state index in [-0.39, 0.29) is 24.8 Å². The van der Waals surface area contributed by atoms with Gasteiger partial charge in [-0.1, -0.05) is 0 Å². The Morgan fingerprint density at radius 1 is 1.44 bits per heavy atom. The third-order valence-corrected chi connectivity index (χ3v) is 2.73. The minimum absolute atomic E-state index is 0. The van der Waals surface area contributed by atoms with Crippen LogP contribution in [0.4, 0.5) is 0 Å². The summed E-state index contributed by atoms with van der Waals surface area (Å²) in [5, 5.41) is 3.47. The Hall–Kier alpha value is -0.250. The second kappa shape index (κ2) is 7.15. The van der Waals surface area contributed by atoms with Gasteiger partial charge >= 0.3 is 0 Å². The molecule has 0 radical (unpaired) electrons. The molecule has 5 heteroatoms. The number of imidazole rings is 1. The Morgan fingerprint density at radius 2 is 2.12 bits per heavy atom. The lowest BCUT2D eigenvalue weighted by atomic mass is 10.4. The summed E-state index contributed by atoms with van der Waals surface area (Å²) in [5.41, 5.74) is 1.12. The summed E-state index contributed by atoms with van der Waals surface area (Å²) in [5.74, 6) is 2.12. The van der Waals surface area contributed by atoms with Gasteiger partial charge in [0.15, 0.2) is 0 Å². The van der Waals surface area contributed by atoms with Crippen molar-refractivity contribution in [1.29, 1.82) is 0 Å². The average Bonchev–Trinajstić information content (AvgIpc) is 2.90. The van der Waals surface area contributed by atoms with Gasteiger partial charge in [-0.3, -0.25) is 0 Å². The zero-order chi connectivity index (χ0) is 9.97. The van der Waals surface area contributed by atoms with Crippen molar-refractivity contribution < 1.29 is 0 Å². The van der Waals surface area contributed by atoms with E-state index in [2.05, 4.69) is 34.9 Å². The molecule has 0 bridgehead atoms. The zero-order valence-corrected chi connectivity index (χ0v) is 11.5. The number of rotatable bonds is 5. The Morgan fingerprint density at radius 3 is 2.69 bits per heavy atom. The van der Waals surface area contributed by atoms with Crippen LogP contribution in [0.1, 0.15) is 31.3 Å². The number of aromatic nitrogens is 2. The van der Waals surface area contributed by atoms with E-state index in [1.807, 2.05) is 0 Å². The number of aryl methyl sites for hydroxylation is 2. The Labute approximate surface area is 110 Å². The van der Waals surface area contributed by atoms with Crippen molar-refractivity contribution in [3.63, 3.8) is 0 Å². The number of nitrogens with one attached hydrogen (secondary N) is 1. The first-order valence-electron chi connectivity index (χ1n) is 5.53. The van der Waals surface area contributed by atoms with Gasteiger partial charge < -0.3 is 9.88 Å². The molecule has 1 aromatic rings. The molecule has 1 N–H and O–H groups in total. The highest BCUT2D eigenvalue weighted by Gasteiger charge is 2.20. The standard InChI is InChI=1S/C11H19N3.2ClH/c1-3-14-8-9(2)13-11(14)7-12-6-10-4-5-10;;/h8,10,12H,3-7H2,1-2H3;2*1H. The van der Waals surface area contributed by atoms with Crippen LogP contribution < -0.4 is 5.32 Å². The van der Waals surface area contributed by atoms with Gasteiger partial charge in [0, 0.05) is 12.7 Å². The molecule has 3 nitrogen and oxygen atoms in total. The monoisotopic (exact) mass is 265 g/mol. The van der Waals surface area contributed by atoms with Crippen LogP contribution >= 0.6 is 24.8 Å². The van der Waals surface area contributed by atoms with Gasteiger partial charge in [-0.15, -0.1) is 24.8 Å². The molecular weight excluding hydrogens is 245 g/mol. The van der Waals surface area contributed by atoms with E-state index < -0.39 is 0 Å². The molecule has 0 atom stereocenters. The predicted octanol–water partition coefficient (Wildman–Crippen LogP) is 2.55. The van der Waals surface area contributed by atoms with Gasteiger partial charge in [-0.25, -0.2) is 4.98 Å². The van der Waals surface area contributed by atoms with Crippen molar-refractivity contribution in [3.8, 4) is 0 Å². The first-order chi connectivity index (χ1) is 6.79. The first-order valence-corrected chi connectivity index (χ1v) is 5.53. The smallest absolute Gasteiger partial charge is 0.122 e. The lowest BCUT2D eigenvalue weighted by molar-refractivity contribution is 0.588. The molecule has 1 heterocycles. The van der Waals surface area contributed by atoms with Crippen molar-refractivity contribution >= 4 is 24.8 Å². The van der Waals surface area contributed by atoms with E-state index in [4.69, 9.17) is 0 Å². The molecule has 2 rings (SSSR count). The highest BCUT2D eigenvalue weighted by molar-refractivity contribution is 5.85. The summed E-state index contributed by atoms with van der Waals surface area (Å²) in [7, 11) is 0. The summed E-state index contributed by atoms with van der Waals surface area (Å²) in [6.45, 7) is 7.30. The largest absolute Gasteiger partial charge is 0.334 e. The summed E-state index contributed by atoms with van der Waals surface area (Å²) in [4.78, 5) is 4.50. The van der Waals surface area contributed by atoms with Gasteiger partial charge in [0.25, 0.3) is 0 Å². The maximum Gasteiger partial charge on any atom is 0.122 e. The maximum atomic E-state index is 4.50. The van der Waals surface area contributed by atoms with Crippen molar-refractivity contribution in [1.82, 2.24) is 14.9 Å². The second-order valence-corrected chi connectivity index (χ2v) is 4.16. The summed E-state index contributed by atoms with van der Waals surface area (Å²) >= 11 is 0. The van der Waals surface area contributed by atoms with Crippen molar-refractivity contribution in [3.05, 3.63) is 17.7 Å². The van der Waals surface area contributed by atoms with Crippen LogP contribution in [0.3, 0.4) is 0 Å². The average molecular weight is 266 g/mol. The minimum Gasteiger partial charge on any atom is -0.334 e. The van der Waals surface area contributed by atoms with Crippen LogP contribution in [-0.4, -0.2) is 16.1 Å². The van der Waals surface area contributed by atoms with Crippen LogP contribution in [-0.2, 0) is 13.1 Å². The molecule has 0 saturated heterocycles. The van der Waals surface area contributed by atoms with Crippen molar-refractivity contribution in [2.75, 3.05) is 6.54 Å². The zero-order valence-electron chi connectivity index (χ0n) is 9.90. The van der Waals surface area contributed by atoms with Gasteiger partial charge in [-0.05, 0) is 39.2 Å². The van der Waals surface area contributed by atoms with E-state index in [9.17, 15) is 0 Å². The summed E-state index contributed by atoms with van der Waals surface area (Å²) in [6, 6.07) is 0. The summed E-state index contributed by atoms with van der Waals surface area (Å²) in [6.07, 6.45) is 4.94. The lowest BCUT2D eigenvalue weighted by Crippen LogP contribution is -2.19. The van der Waals surface area contributed by atoms with E-state index in [1.54, 1.807) is 0 Å². The minimum atomic E-state index is 0. The molecule has 0 aromatic carbocycles. The van der Waals surface area contributed by atoms with Crippen LogP contribution in [0.15, 0.2) is 6.20 Å². The van der Waals surface area contributed by atoms with Crippen LogP contribution in [0.2, 0.25) is 0 Å².